The normalized spacial score (nSPS) is 10.9. The van der Waals surface area contributed by atoms with Crippen LogP contribution in [-0.2, 0) is 0 Å². The van der Waals surface area contributed by atoms with E-state index in [1.54, 1.807) is 0 Å². The Labute approximate surface area is 136 Å². The Morgan fingerprint density at radius 3 is 1.90 bits per heavy atom. The highest BCUT2D eigenvalue weighted by atomic mass is 32.2. The molecule has 0 saturated heterocycles. The third-order valence-electron chi connectivity index (χ3n) is 2.71. The molecule has 3 aromatic rings. The van der Waals surface area contributed by atoms with Crippen LogP contribution in [0.15, 0.2) is 66.1 Å². The zero-order chi connectivity index (χ0) is 13.9. The van der Waals surface area contributed by atoms with Crippen LogP contribution < -0.4 is 0 Å². The minimum absolute atomic E-state index is 1.31. The Hall–Kier alpha value is -0.680. The summed E-state index contributed by atoms with van der Waals surface area (Å²) in [6, 6.07) is 17.5. The molecule has 20 heavy (non-hydrogen) atoms. The van der Waals surface area contributed by atoms with Gasteiger partial charge in [0.25, 0.3) is 0 Å². The van der Waals surface area contributed by atoms with Gasteiger partial charge in [0.1, 0.15) is 0 Å². The van der Waals surface area contributed by atoms with Crippen LogP contribution in [0, 0.1) is 13.8 Å². The van der Waals surface area contributed by atoms with E-state index < -0.39 is 0 Å². The van der Waals surface area contributed by atoms with Gasteiger partial charge in [0, 0.05) is 9.77 Å². The van der Waals surface area contributed by atoms with Crippen molar-refractivity contribution in [1.29, 1.82) is 0 Å². The maximum Gasteiger partial charge on any atom is 0.0666 e. The Morgan fingerprint density at radius 1 is 0.650 bits per heavy atom. The van der Waals surface area contributed by atoms with Gasteiger partial charge in [0.15, 0.2) is 0 Å². The van der Waals surface area contributed by atoms with Crippen molar-refractivity contribution in [3.8, 4) is 0 Å². The summed E-state index contributed by atoms with van der Waals surface area (Å²) in [6.45, 7) is 4.28. The smallest absolute Gasteiger partial charge is 0.0666 e. The van der Waals surface area contributed by atoms with Crippen molar-refractivity contribution in [3.63, 3.8) is 0 Å². The first-order chi connectivity index (χ1) is 9.69. The van der Waals surface area contributed by atoms with Crippen molar-refractivity contribution >= 4 is 46.2 Å². The van der Waals surface area contributed by atoms with E-state index >= 15 is 0 Å². The molecule has 0 saturated carbocycles. The van der Waals surface area contributed by atoms with Gasteiger partial charge in [-0.3, -0.25) is 0 Å². The second-order valence-corrected chi connectivity index (χ2v) is 9.80. The molecule has 2 aromatic heterocycles. The van der Waals surface area contributed by atoms with E-state index in [2.05, 4.69) is 62.4 Å². The monoisotopic (exact) mass is 334 g/mol. The molecule has 102 valence electrons. The van der Waals surface area contributed by atoms with Crippen molar-refractivity contribution in [3.05, 3.63) is 59.0 Å². The molecule has 1 aromatic carbocycles. The molecule has 0 bridgehead atoms. The van der Waals surface area contributed by atoms with Crippen LogP contribution in [0.25, 0.3) is 0 Å². The molecule has 0 amide bonds. The summed E-state index contributed by atoms with van der Waals surface area (Å²) in [5.74, 6) is 0. The van der Waals surface area contributed by atoms with Crippen LogP contribution in [-0.4, -0.2) is 0 Å². The first-order valence-electron chi connectivity index (χ1n) is 6.28. The van der Waals surface area contributed by atoms with E-state index in [0.717, 1.165) is 0 Å². The molecule has 2 heterocycles. The number of benzene rings is 1. The summed E-state index contributed by atoms with van der Waals surface area (Å²) in [5.41, 5.74) is 1.31. The molecule has 0 aliphatic carbocycles. The van der Waals surface area contributed by atoms with Gasteiger partial charge in [0.2, 0.25) is 0 Å². The van der Waals surface area contributed by atoms with Crippen LogP contribution in [0.5, 0.6) is 0 Å². The van der Waals surface area contributed by atoms with E-state index in [0.29, 0.717) is 0 Å². The van der Waals surface area contributed by atoms with Crippen LogP contribution in [0.2, 0.25) is 0 Å². The fourth-order valence-corrected chi connectivity index (χ4v) is 6.45. The van der Waals surface area contributed by atoms with Gasteiger partial charge in [-0.05, 0) is 50.2 Å². The zero-order valence-electron chi connectivity index (χ0n) is 11.3. The maximum absolute atomic E-state index is 2.22. The van der Waals surface area contributed by atoms with Crippen molar-refractivity contribution < 1.29 is 0 Å². The molecule has 0 nitrogen and oxygen atoms in total. The number of hydrogen-bond donors (Lipinski definition) is 0. The lowest BCUT2D eigenvalue weighted by atomic mass is 10.2. The van der Waals surface area contributed by atoms with E-state index in [4.69, 9.17) is 0 Å². The Bertz CT molecular complexity index is 691. The molecule has 4 heteroatoms. The summed E-state index contributed by atoms with van der Waals surface area (Å²) in [4.78, 5) is 2.68. The average molecular weight is 335 g/mol. The third-order valence-corrected chi connectivity index (χ3v) is 7.20. The lowest BCUT2D eigenvalue weighted by Crippen LogP contribution is -1.71. The van der Waals surface area contributed by atoms with Gasteiger partial charge in [-0.1, -0.05) is 41.2 Å². The highest BCUT2D eigenvalue weighted by Crippen LogP contribution is 2.41. The summed E-state index contributed by atoms with van der Waals surface area (Å²) in [6.07, 6.45) is 0. The lowest BCUT2D eigenvalue weighted by molar-refractivity contribution is 1.38. The zero-order valence-corrected chi connectivity index (χ0v) is 14.5. The largest absolute Gasteiger partial charge is 0.134 e. The summed E-state index contributed by atoms with van der Waals surface area (Å²) >= 11 is 7.44. The number of thiophene rings is 2. The molecule has 0 spiro atoms. The van der Waals surface area contributed by atoms with Crippen LogP contribution in [0.1, 0.15) is 10.4 Å². The number of hydrogen-bond acceptors (Lipinski definition) is 4. The lowest BCUT2D eigenvalue weighted by Gasteiger charge is -1.98. The number of rotatable bonds is 4. The molecule has 0 unspecified atom stereocenters. The molecule has 3 rings (SSSR count). The quantitative estimate of drug-likeness (QED) is 0.519. The van der Waals surface area contributed by atoms with Gasteiger partial charge in [-0.15, -0.1) is 22.7 Å². The van der Waals surface area contributed by atoms with Crippen LogP contribution in [0.4, 0.5) is 0 Å². The minimum atomic E-state index is 1.31. The fourth-order valence-electron chi connectivity index (χ4n) is 1.70. The SMILES string of the molecule is Cc1ccc(Sc2ccc(Sc3ccc(C)s3)s2)cc1. The van der Waals surface area contributed by atoms with Crippen LogP contribution in [0.3, 0.4) is 0 Å². The first-order valence-corrected chi connectivity index (χ1v) is 9.54. The molecular formula is C16H14S4. The summed E-state index contributed by atoms with van der Waals surface area (Å²) in [5, 5.41) is 0. The van der Waals surface area contributed by atoms with E-state index in [9.17, 15) is 0 Å². The van der Waals surface area contributed by atoms with Crippen molar-refractivity contribution in [2.24, 2.45) is 0 Å². The van der Waals surface area contributed by atoms with Gasteiger partial charge < -0.3 is 0 Å². The summed E-state index contributed by atoms with van der Waals surface area (Å²) < 4.78 is 4.09. The standard InChI is InChI=1S/C16H14S4/c1-11-3-6-13(7-4-11)18-15-9-10-16(20-15)19-14-8-5-12(2)17-14/h3-10H,1-2H3. The Kier molecular flexibility index (Phi) is 4.56. The minimum Gasteiger partial charge on any atom is -0.134 e. The van der Waals surface area contributed by atoms with E-state index in [1.165, 1.54) is 28.0 Å². The molecule has 0 aliphatic rings. The molecule has 0 atom stereocenters. The molecule has 0 aliphatic heterocycles. The molecule has 0 radical (unpaired) electrons. The van der Waals surface area contributed by atoms with Gasteiger partial charge in [0.05, 0.1) is 12.6 Å². The van der Waals surface area contributed by atoms with Crippen molar-refractivity contribution in [2.75, 3.05) is 0 Å². The predicted octanol–water partition coefficient (Wildman–Crippen LogP) is 6.73. The molecule has 0 N–H and O–H groups in total. The Morgan fingerprint density at radius 2 is 1.25 bits per heavy atom. The third kappa shape index (κ3) is 3.70. The Balaban J connectivity index is 1.68. The van der Waals surface area contributed by atoms with Gasteiger partial charge in [-0.25, -0.2) is 0 Å². The predicted molar refractivity (Wildman–Crippen MR) is 92.8 cm³/mol. The highest BCUT2D eigenvalue weighted by molar-refractivity contribution is 8.04. The maximum atomic E-state index is 2.22. The second kappa shape index (κ2) is 6.39. The number of aryl methyl sites for hydroxylation is 2. The average Bonchev–Trinajstić information content (AvgIpc) is 3.02. The van der Waals surface area contributed by atoms with E-state index in [-0.39, 0.29) is 0 Å². The highest BCUT2D eigenvalue weighted by Gasteiger charge is 2.05. The molecule has 0 fully saturated rings. The van der Waals surface area contributed by atoms with Gasteiger partial charge >= 0.3 is 0 Å². The van der Waals surface area contributed by atoms with Crippen LogP contribution >= 0.6 is 46.2 Å². The summed E-state index contributed by atoms with van der Waals surface area (Å²) in [7, 11) is 0. The van der Waals surface area contributed by atoms with Gasteiger partial charge in [-0.2, -0.15) is 0 Å². The first kappa shape index (κ1) is 14.3. The topological polar surface area (TPSA) is 0 Å². The van der Waals surface area contributed by atoms with E-state index in [1.807, 2.05) is 46.2 Å². The van der Waals surface area contributed by atoms with Crippen molar-refractivity contribution in [2.45, 2.75) is 31.4 Å². The fraction of sp³-hybridized carbons (Fsp3) is 0.125. The van der Waals surface area contributed by atoms with Crippen molar-refractivity contribution in [1.82, 2.24) is 0 Å². The molecular weight excluding hydrogens is 320 g/mol. The second-order valence-electron chi connectivity index (χ2n) is 4.46.